The number of hydrogen-bond donors (Lipinski definition) is 0. The summed E-state index contributed by atoms with van der Waals surface area (Å²) >= 11 is 0. The molecule has 1 saturated heterocycles. The van der Waals surface area contributed by atoms with Crippen molar-refractivity contribution in [3.05, 3.63) is 11.6 Å². The molecule has 2 heterocycles. The topological polar surface area (TPSA) is 0 Å². The lowest BCUT2D eigenvalue weighted by Gasteiger charge is -2.23. The van der Waals surface area contributed by atoms with Gasteiger partial charge in [-0.3, -0.25) is 0 Å². The van der Waals surface area contributed by atoms with Crippen LogP contribution in [0.25, 0.3) is 0 Å². The fourth-order valence-corrected chi connectivity index (χ4v) is 6.13. The molecule has 1 fully saturated rings. The van der Waals surface area contributed by atoms with Gasteiger partial charge in [-0.15, -0.1) is 0 Å². The van der Waals surface area contributed by atoms with Crippen molar-refractivity contribution in [2.75, 3.05) is 6.66 Å². The van der Waals surface area contributed by atoms with Crippen LogP contribution in [0.5, 0.6) is 0 Å². The second-order valence-electron chi connectivity index (χ2n) is 4.73. The van der Waals surface area contributed by atoms with Crippen LogP contribution < -0.4 is 0 Å². The van der Waals surface area contributed by atoms with Gasteiger partial charge in [-0.2, -0.15) is 0 Å². The van der Waals surface area contributed by atoms with Gasteiger partial charge in [0.2, 0.25) is 0 Å². The minimum atomic E-state index is 0.320. The minimum absolute atomic E-state index is 0.320. The van der Waals surface area contributed by atoms with Crippen molar-refractivity contribution in [1.82, 2.24) is 0 Å². The Kier molecular flexibility index (Phi) is 2.07. The van der Waals surface area contributed by atoms with E-state index in [1.165, 1.54) is 6.42 Å². The summed E-state index contributed by atoms with van der Waals surface area (Å²) in [5.41, 5.74) is 3.67. The van der Waals surface area contributed by atoms with Gasteiger partial charge in [0.25, 0.3) is 0 Å². The van der Waals surface area contributed by atoms with Gasteiger partial charge >= 0.3 is 0 Å². The van der Waals surface area contributed by atoms with E-state index in [0.29, 0.717) is 7.92 Å². The molecular weight excluding hydrogens is 163 g/mol. The molecule has 0 N–H and O–H groups in total. The van der Waals surface area contributed by atoms with Crippen LogP contribution in [-0.2, 0) is 0 Å². The van der Waals surface area contributed by atoms with Crippen LogP contribution in [0.1, 0.15) is 27.2 Å². The van der Waals surface area contributed by atoms with Gasteiger partial charge in [0.1, 0.15) is 0 Å². The van der Waals surface area contributed by atoms with Gasteiger partial charge in [0, 0.05) is 11.3 Å². The Morgan fingerprint density at radius 2 is 2.17 bits per heavy atom. The molecule has 4 atom stereocenters. The van der Waals surface area contributed by atoms with Crippen molar-refractivity contribution in [2.24, 2.45) is 11.8 Å². The molecule has 0 aromatic heterocycles. The van der Waals surface area contributed by atoms with Crippen molar-refractivity contribution in [1.29, 1.82) is 0 Å². The molecule has 68 valence electrons. The second kappa shape index (κ2) is 2.84. The first kappa shape index (κ1) is 8.75. The molecule has 0 amide bonds. The molecule has 0 aromatic carbocycles. The highest BCUT2D eigenvalue weighted by molar-refractivity contribution is 7.59. The number of allylic oxidation sites excluding steroid dienone is 2. The monoisotopic (exact) mass is 182 g/mol. The molecule has 0 spiro atoms. The van der Waals surface area contributed by atoms with E-state index in [0.717, 1.165) is 23.2 Å². The minimum Gasteiger partial charge on any atom is -0.0952 e. The largest absolute Gasteiger partial charge is 0.0952 e. The highest BCUT2D eigenvalue weighted by Crippen LogP contribution is 2.64. The van der Waals surface area contributed by atoms with Crippen LogP contribution in [0.3, 0.4) is 0 Å². The van der Waals surface area contributed by atoms with Gasteiger partial charge in [0.05, 0.1) is 0 Å². The molecule has 2 rings (SSSR count). The summed E-state index contributed by atoms with van der Waals surface area (Å²) in [5.74, 6) is 1.91. The summed E-state index contributed by atoms with van der Waals surface area (Å²) < 4.78 is 0. The lowest BCUT2D eigenvalue weighted by molar-refractivity contribution is 0.381. The van der Waals surface area contributed by atoms with E-state index in [9.17, 15) is 0 Å². The molecule has 0 saturated carbocycles. The lowest BCUT2D eigenvalue weighted by Crippen LogP contribution is -2.19. The molecule has 0 aromatic rings. The Morgan fingerprint density at radius 1 is 1.50 bits per heavy atom. The first-order valence-corrected chi connectivity index (χ1v) is 6.94. The van der Waals surface area contributed by atoms with Crippen LogP contribution in [0.15, 0.2) is 11.6 Å². The summed E-state index contributed by atoms with van der Waals surface area (Å²) in [7, 11) is 0.320. The van der Waals surface area contributed by atoms with Crippen LogP contribution in [0.4, 0.5) is 0 Å². The first-order valence-electron chi connectivity index (χ1n) is 5.01. The Labute approximate surface area is 77.2 Å². The van der Waals surface area contributed by atoms with Crippen molar-refractivity contribution >= 4 is 7.92 Å². The number of fused-ring (bicyclic) bond motifs is 2. The third kappa shape index (κ3) is 1.08. The predicted octanol–water partition coefficient (Wildman–Crippen LogP) is 3.47. The van der Waals surface area contributed by atoms with Gasteiger partial charge < -0.3 is 0 Å². The van der Waals surface area contributed by atoms with E-state index in [4.69, 9.17) is 0 Å². The lowest BCUT2D eigenvalue weighted by atomic mass is 9.83. The maximum absolute atomic E-state index is 2.57. The molecular formula is C11H19P. The van der Waals surface area contributed by atoms with Gasteiger partial charge in [-0.25, -0.2) is 0 Å². The van der Waals surface area contributed by atoms with E-state index in [1.54, 1.807) is 5.57 Å². The zero-order valence-electron chi connectivity index (χ0n) is 8.54. The van der Waals surface area contributed by atoms with Crippen LogP contribution >= 0.6 is 7.92 Å². The number of hydrogen-bond acceptors (Lipinski definition) is 0. The van der Waals surface area contributed by atoms with E-state index < -0.39 is 0 Å². The highest BCUT2D eigenvalue weighted by Gasteiger charge is 2.45. The van der Waals surface area contributed by atoms with Gasteiger partial charge in [-0.1, -0.05) is 33.4 Å². The smallest absolute Gasteiger partial charge is 0.000716 e. The molecule has 0 radical (unpaired) electrons. The summed E-state index contributed by atoms with van der Waals surface area (Å²) in [5, 5.41) is 0. The zero-order valence-corrected chi connectivity index (χ0v) is 9.44. The SMILES string of the molecule is CC1=CC2C(C(C)C)CC1P2C. The van der Waals surface area contributed by atoms with Crippen LogP contribution in [0, 0.1) is 11.8 Å². The quantitative estimate of drug-likeness (QED) is 0.430. The molecule has 4 unspecified atom stereocenters. The van der Waals surface area contributed by atoms with Crippen LogP contribution in [-0.4, -0.2) is 18.0 Å². The van der Waals surface area contributed by atoms with Crippen molar-refractivity contribution < 1.29 is 0 Å². The summed E-state index contributed by atoms with van der Waals surface area (Å²) in [6.07, 6.45) is 4.07. The van der Waals surface area contributed by atoms with Crippen LogP contribution in [0.2, 0.25) is 0 Å². The van der Waals surface area contributed by atoms with Crippen molar-refractivity contribution in [3.8, 4) is 0 Å². The second-order valence-corrected chi connectivity index (χ2v) is 7.28. The first-order chi connectivity index (χ1) is 5.61. The predicted molar refractivity (Wildman–Crippen MR) is 57.1 cm³/mol. The molecule has 0 nitrogen and oxygen atoms in total. The normalized spacial score (nSPS) is 45.6. The molecule has 12 heavy (non-hydrogen) atoms. The average Bonchev–Trinajstić information content (AvgIpc) is 2.42. The summed E-state index contributed by atoms with van der Waals surface area (Å²) in [4.78, 5) is 0. The summed E-state index contributed by atoms with van der Waals surface area (Å²) in [6, 6.07) is 0. The third-order valence-corrected chi connectivity index (χ3v) is 6.79. The van der Waals surface area contributed by atoms with E-state index in [1.807, 2.05) is 0 Å². The van der Waals surface area contributed by atoms with Gasteiger partial charge in [-0.05, 0) is 31.8 Å². The maximum atomic E-state index is 2.57. The highest BCUT2D eigenvalue weighted by atomic mass is 31.1. The standard InChI is InChI=1S/C11H19P/c1-7(2)9-6-10-8(3)5-11(9)12(10)4/h5,7,9-11H,6H2,1-4H3. The molecule has 2 aliphatic rings. The molecule has 2 aliphatic heterocycles. The van der Waals surface area contributed by atoms with E-state index >= 15 is 0 Å². The molecule has 1 heteroatoms. The Balaban J connectivity index is 2.20. The Morgan fingerprint density at radius 3 is 2.50 bits per heavy atom. The maximum Gasteiger partial charge on any atom is 0.000716 e. The fourth-order valence-electron chi connectivity index (χ4n) is 2.87. The zero-order chi connectivity index (χ0) is 8.88. The van der Waals surface area contributed by atoms with E-state index in [-0.39, 0.29) is 0 Å². The molecule has 2 bridgehead atoms. The van der Waals surface area contributed by atoms with Gasteiger partial charge in [0.15, 0.2) is 0 Å². The average molecular weight is 182 g/mol. The summed E-state index contributed by atoms with van der Waals surface area (Å²) in [6.45, 7) is 9.61. The Hall–Kier alpha value is 0.170. The fraction of sp³-hybridized carbons (Fsp3) is 0.818. The number of rotatable bonds is 1. The van der Waals surface area contributed by atoms with Crippen molar-refractivity contribution in [2.45, 2.75) is 38.5 Å². The van der Waals surface area contributed by atoms with E-state index in [2.05, 4.69) is 33.5 Å². The molecule has 0 aliphatic carbocycles. The third-order valence-electron chi connectivity index (χ3n) is 3.71. The van der Waals surface area contributed by atoms with Crippen molar-refractivity contribution in [3.63, 3.8) is 0 Å². The Bertz CT molecular complexity index is 217.